The molecule has 6 heteroatoms. The highest BCUT2D eigenvalue weighted by molar-refractivity contribution is 5.94. The van der Waals surface area contributed by atoms with Gasteiger partial charge in [0.25, 0.3) is 0 Å². The van der Waals surface area contributed by atoms with E-state index >= 15 is 0 Å². The second kappa shape index (κ2) is 6.32. The molecule has 6 nitrogen and oxygen atoms in total. The van der Waals surface area contributed by atoms with Crippen molar-refractivity contribution in [1.29, 1.82) is 0 Å². The van der Waals surface area contributed by atoms with Gasteiger partial charge in [-0.05, 0) is 37.6 Å². The van der Waals surface area contributed by atoms with E-state index in [1.807, 2.05) is 24.3 Å². The van der Waals surface area contributed by atoms with Crippen molar-refractivity contribution in [2.45, 2.75) is 13.3 Å². The molecular formula is C17H22N4O2. The maximum Gasteiger partial charge on any atom is 0.324 e. The molecule has 0 aromatic heterocycles. The number of hydrogen-bond donors (Lipinski definition) is 1. The van der Waals surface area contributed by atoms with Crippen LogP contribution in [0.15, 0.2) is 35.9 Å². The van der Waals surface area contributed by atoms with Crippen LogP contribution in [0.4, 0.5) is 21.0 Å². The molecule has 1 aromatic rings. The summed E-state index contributed by atoms with van der Waals surface area (Å²) in [4.78, 5) is 29.4. The fourth-order valence-electron chi connectivity index (χ4n) is 2.77. The zero-order valence-electron chi connectivity index (χ0n) is 13.6. The Kier molecular flexibility index (Phi) is 4.23. The quantitative estimate of drug-likeness (QED) is 0.853. The molecule has 0 atom stereocenters. The molecule has 0 bridgehead atoms. The van der Waals surface area contributed by atoms with Crippen molar-refractivity contribution < 1.29 is 9.59 Å². The van der Waals surface area contributed by atoms with Crippen LogP contribution >= 0.6 is 0 Å². The summed E-state index contributed by atoms with van der Waals surface area (Å²) in [6, 6.07) is 7.34. The second-order valence-electron chi connectivity index (χ2n) is 6.08. The fourth-order valence-corrected chi connectivity index (χ4v) is 2.77. The van der Waals surface area contributed by atoms with Gasteiger partial charge in [0.15, 0.2) is 0 Å². The van der Waals surface area contributed by atoms with Crippen LogP contribution in [-0.2, 0) is 0 Å². The van der Waals surface area contributed by atoms with Crippen molar-refractivity contribution >= 4 is 23.4 Å². The summed E-state index contributed by atoms with van der Waals surface area (Å²) in [6.45, 7) is 4.93. The molecule has 122 valence electrons. The molecule has 1 fully saturated rings. The van der Waals surface area contributed by atoms with Crippen molar-refractivity contribution in [1.82, 2.24) is 9.80 Å². The van der Waals surface area contributed by atoms with Crippen LogP contribution in [0.5, 0.6) is 0 Å². The number of rotatable bonds is 2. The number of nitrogens with one attached hydrogen (secondary N) is 1. The summed E-state index contributed by atoms with van der Waals surface area (Å²) in [5.41, 5.74) is 2.93. The molecule has 23 heavy (non-hydrogen) atoms. The zero-order chi connectivity index (χ0) is 16.4. The fraction of sp³-hybridized carbons (Fsp3) is 0.412. The Hall–Kier alpha value is -2.50. The molecule has 1 aromatic carbocycles. The maximum atomic E-state index is 12.2. The van der Waals surface area contributed by atoms with Crippen LogP contribution in [0.1, 0.15) is 13.3 Å². The lowest BCUT2D eigenvalue weighted by Crippen LogP contribution is -2.37. The lowest BCUT2D eigenvalue weighted by Gasteiger charge is -2.25. The van der Waals surface area contributed by atoms with Gasteiger partial charge >= 0.3 is 12.1 Å². The number of likely N-dealkylation sites (N-methyl/N-ethyl adjacent to an activating group) is 1. The van der Waals surface area contributed by atoms with Gasteiger partial charge in [-0.15, -0.1) is 0 Å². The average Bonchev–Trinajstić information content (AvgIpc) is 2.88. The number of benzene rings is 1. The van der Waals surface area contributed by atoms with Gasteiger partial charge in [0.2, 0.25) is 0 Å². The molecule has 0 spiro atoms. The summed E-state index contributed by atoms with van der Waals surface area (Å²) in [6.07, 6.45) is 3.01. The van der Waals surface area contributed by atoms with Crippen molar-refractivity contribution in [3.63, 3.8) is 0 Å². The number of urea groups is 2. The minimum absolute atomic E-state index is 0.0114. The van der Waals surface area contributed by atoms with Gasteiger partial charge in [-0.3, -0.25) is 4.90 Å². The first-order valence-corrected chi connectivity index (χ1v) is 7.89. The zero-order valence-corrected chi connectivity index (χ0v) is 13.6. The largest absolute Gasteiger partial charge is 0.326 e. The van der Waals surface area contributed by atoms with E-state index in [1.165, 1.54) is 5.57 Å². The van der Waals surface area contributed by atoms with Gasteiger partial charge in [0, 0.05) is 44.6 Å². The summed E-state index contributed by atoms with van der Waals surface area (Å²) in [7, 11) is 1.80. The Morgan fingerprint density at radius 1 is 1.13 bits per heavy atom. The number of amides is 4. The van der Waals surface area contributed by atoms with E-state index in [2.05, 4.69) is 18.3 Å². The van der Waals surface area contributed by atoms with Crippen LogP contribution in [-0.4, -0.2) is 55.1 Å². The molecule has 1 N–H and O–H groups in total. The summed E-state index contributed by atoms with van der Waals surface area (Å²) >= 11 is 0. The molecule has 0 saturated carbocycles. The van der Waals surface area contributed by atoms with E-state index in [-0.39, 0.29) is 12.1 Å². The van der Waals surface area contributed by atoms with Gasteiger partial charge in [0.05, 0.1) is 0 Å². The van der Waals surface area contributed by atoms with Gasteiger partial charge in [-0.1, -0.05) is 11.6 Å². The van der Waals surface area contributed by atoms with Crippen LogP contribution < -0.4 is 10.2 Å². The third-order valence-corrected chi connectivity index (χ3v) is 4.37. The summed E-state index contributed by atoms with van der Waals surface area (Å²) in [5.74, 6) is 0. The monoisotopic (exact) mass is 314 g/mol. The predicted octanol–water partition coefficient (Wildman–Crippen LogP) is 2.74. The summed E-state index contributed by atoms with van der Waals surface area (Å²) < 4.78 is 0. The molecule has 2 heterocycles. The molecule has 2 aliphatic heterocycles. The number of carbonyl (C=O) groups is 2. The van der Waals surface area contributed by atoms with Gasteiger partial charge < -0.3 is 15.1 Å². The Balaban J connectivity index is 1.62. The van der Waals surface area contributed by atoms with Crippen LogP contribution in [0.3, 0.4) is 0 Å². The lowest BCUT2D eigenvalue weighted by atomic mass is 10.1. The minimum atomic E-state index is -0.0847. The first-order chi connectivity index (χ1) is 11.0. The smallest absolute Gasteiger partial charge is 0.324 e. The van der Waals surface area contributed by atoms with Crippen molar-refractivity contribution in [3.05, 3.63) is 35.9 Å². The molecule has 0 radical (unpaired) electrons. The normalized spacial score (nSPS) is 18.3. The van der Waals surface area contributed by atoms with E-state index in [9.17, 15) is 9.59 Å². The van der Waals surface area contributed by atoms with Crippen LogP contribution in [0.25, 0.3) is 0 Å². The van der Waals surface area contributed by atoms with Crippen LogP contribution in [0.2, 0.25) is 0 Å². The molecule has 4 amide bonds. The highest BCUT2D eigenvalue weighted by Crippen LogP contribution is 2.22. The second-order valence-corrected chi connectivity index (χ2v) is 6.08. The topological polar surface area (TPSA) is 55.9 Å². The van der Waals surface area contributed by atoms with E-state index in [0.29, 0.717) is 13.1 Å². The minimum Gasteiger partial charge on any atom is -0.326 e. The number of carbonyl (C=O) groups excluding carboxylic acids is 2. The number of nitrogens with zero attached hydrogens (tertiary/aromatic N) is 3. The highest BCUT2D eigenvalue weighted by atomic mass is 16.2. The molecule has 1 saturated heterocycles. The third kappa shape index (κ3) is 3.31. The average molecular weight is 314 g/mol. The SMILES string of the molecule is CC1=CCN(C(=O)Nc2ccc(N3CCN(C)C3=O)cc2)CC1. The third-order valence-electron chi connectivity index (χ3n) is 4.37. The number of anilines is 2. The summed E-state index contributed by atoms with van der Waals surface area (Å²) in [5, 5.41) is 2.91. The maximum absolute atomic E-state index is 12.2. The van der Waals surface area contributed by atoms with Crippen molar-refractivity contribution in [2.75, 3.05) is 43.4 Å². The Morgan fingerprint density at radius 3 is 2.43 bits per heavy atom. The molecule has 2 aliphatic rings. The molecule has 0 aliphatic carbocycles. The Morgan fingerprint density at radius 2 is 1.87 bits per heavy atom. The Labute approximate surface area is 136 Å². The van der Waals surface area contributed by atoms with Gasteiger partial charge in [0.1, 0.15) is 0 Å². The lowest BCUT2D eigenvalue weighted by molar-refractivity contribution is 0.215. The molecular weight excluding hydrogens is 292 g/mol. The first kappa shape index (κ1) is 15.4. The predicted molar refractivity (Wildman–Crippen MR) is 90.8 cm³/mol. The van der Waals surface area contributed by atoms with Crippen molar-refractivity contribution in [3.8, 4) is 0 Å². The van der Waals surface area contributed by atoms with Gasteiger partial charge in [-0.25, -0.2) is 9.59 Å². The highest BCUT2D eigenvalue weighted by Gasteiger charge is 2.26. The standard InChI is InChI=1S/C17H22N4O2/c1-13-7-9-20(10-8-13)16(22)18-14-3-5-15(6-4-14)21-12-11-19(2)17(21)23/h3-7H,8-12H2,1-2H3,(H,18,22). The van der Waals surface area contributed by atoms with E-state index in [0.717, 1.165) is 30.9 Å². The first-order valence-electron chi connectivity index (χ1n) is 7.89. The molecule has 0 unspecified atom stereocenters. The van der Waals surface area contributed by atoms with E-state index in [4.69, 9.17) is 0 Å². The van der Waals surface area contributed by atoms with Crippen molar-refractivity contribution in [2.24, 2.45) is 0 Å². The Bertz CT molecular complexity index is 638. The number of hydrogen-bond acceptors (Lipinski definition) is 2. The van der Waals surface area contributed by atoms with Gasteiger partial charge in [-0.2, -0.15) is 0 Å². The van der Waals surface area contributed by atoms with Crippen LogP contribution in [0, 0.1) is 0 Å². The van der Waals surface area contributed by atoms with E-state index < -0.39 is 0 Å². The molecule has 3 rings (SSSR count). The van der Waals surface area contributed by atoms with E-state index in [1.54, 1.807) is 21.7 Å².